The third-order valence-corrected chi connectivity index (χ3v) is 6.86. The zero-order valence-corrected chi connectivity index (χ0v) is 22.2. The molecule has 0 radical (unpaired) electrons. The molecule has 0 atom stereocenters. The number of rotatable bonds is 10. The van der Waals surface area contributed by atoms with Gasteiger partial charge in [0.05, 0.1) is 35.3 Å². The summed E-state index contributed by atoms with van der Waals surface area (Å²) < 4.78 is 14.9. The van der Waals surface area contributed by atoms with Crippen LogP contribution in [0.5, 0.6) is 5.75 Å². The Hall–Kier alpha value is -5.18. The predicted molar refractivity (Wildman–Crippen MR) is 152 cm³/mol. The first-order valence-corrected chi connectivity index (χ1v) is 13.2. The van der Waals surface area contributed by atoms with Crippen LogP contribution in [-0.2, 0) is 23.9 Å². The third kappa shape index (κ3) is 6.88. The Balaban J connectivity index is 1.50. The Morgan fingerprint density at radius 3 is 1.59 bits per heavy atom. The van der Waals surface area contributed by atoms with Crippen molar-refractivity contribution >= 4 is 30.6 Å². The highest BCUT2D eigenvalue weighted by Crippen LogP contribution is 2.34. The van der Waals surface area contributed by atoms with Gasteiger partial charge in [-0.05, 0) is 96.2 Å². The minimum atomic E-state index is 0.320. The van der Waals surface area contributed by atoms with Gasteiger partial charge >= 0.3 is 0 Å². The monoisotopic (exact) mass is 549 g/mol. The van der Waals surface area contributed by atoms with Crippen LogP contribution < -0.4 is 4.74 Å². The van der Waals surface area contributed by atoms with E-state index < -0.39 is 0 Å². The SMILES string of the molecule is O=CO/C=C1/C=C(c2ccnc(-c3cc(OC=O)cc(-c4cc(C5=C/C(=C/OC=O)CCC5)ccn4)n3)c2)CCC1. The molecular formula is C32H27N3O6. The van der Waals surface area contributed by atoms with E-state index in [9.17, 15) is 14.4 Å². The molecular weight excluding hydrogens is 522 g/mol. The van der Waals surface area contributed by atoms with Crippen molar-refractivity contribution in [2.45, 2.75) is 38.5 Å². The average Bonchev–Trinajstić information content (AvgIpc) is 3.03. The first-order chi connectivity index (χ1) is 20.2. The van der Waals surface area contributed by atoms with Gasteiger partial charge < -0.3 is 14.2 Å². The molecule has 41 heavy (non-hydrogen) atoms. The highest BCUT2D eigenvalue weighted by atomic mass is 16.5. The van der Waals surface area contributed by atoms with E-state index in [0.717, 1.165) is 71.9 Å². The lowest BCUT2D eigenvalue weighted by molar-refractivity contribution is -0.124. The molecule has 0 spiro atoms. The van der Waals surface area contributed by atoms with Crippen LogP contribution in [0.25, 0.3) is 33.9 Å². The van der Waals surface area contributed by atoms with E-state index in [1.807, 2.05) is 36.4 Å². The number of hydrogen-bond acceptors (Lipinski definition) is 9. The summed E-state index contributed by atoms with van der Waals surface area (Å²) in [7, 11) is 0. The summed E-state index contributed by atoms with van der Waals surface area (Å²) in [5, 5.41) is 0. The molecule has 206 valence electrons. The van der Waals surface area contributed by atoms with E-state index >= 15 is 0 Å². The fourth-order valence-electron chi connectivity index (χ4n) is 5.01. The van der Waals surface area contributed by atoms with Crippen LogP contribution in [0.2, 0.25) is 0 Å². The number of carbonyl (C=O) groups is 3. The maximum atomic E-state index is 11.2. The van der Waals surface area contributed by atoms with Gasteiger partial charge in [0.25, 0.3) is 19.4 Å². The molecule has 3 aromatic heterocycles. The van der Waals surface area contributed by atoms with Crippen LogP contribution in [0.4, 0.5) is 0 Å². The Bertz CT molecular complexity index is 1480. The Kier molecular flexibility index (Phi) is 8.85. The van der Waals surface area contributed by atoms with Gasteiger partial charge in [0.15, 0.2) is 0 Å². The summed E-state index contributed by atoms with van der Waals surface area (Å²) in [6.45, 7) is 1.20. The Morgan fingerprint density at radius 1 is 0.610 bits per heavy atom. The summed E-state index contributed by atoms with van der Waals surface area (Å²) in [5.41, 5.74) is 8.30. The fraction of sp³-hybridized carbons (Fsp3) is 0.188. The first kappa shape index (κ1) is 27.4. The van der Waals surface area contributed by atoms with Crippen molar-refractivity contribution in [2.24, 2.45) is 0 Å². The van der Waals surface area contributed by atoms with Crippen molar-refractivity contribution in [1.82, 2.24) is 15.0 Å². The molecule has 5 rings (SSSR count). The molecule has 9 nitrogen and oxygen atoms in total. The van der Waals surface area contributed by atoms with Crippen LogP contribution >= 0.6 is 0 Å². The molecule has 2 aliphatic rings. The number of hydrogen-bond donors (Lipinski definition) is 0. The largest absolute Gasteiger partial charge is 0.436 e. The molecule has 0 aromatic carbocycles. The Morgan fingerprint density at radius 2 is 1.12 bits per heavy atom. The predicted octanol–water partition coefficient (Wildman–Crippen LogP) is 5.99. The van der Waals surface area contributed by atoms with Gasteiger partial charge in [0.2, 0.25) is 0 Å². The second-order valence-electron chi connectivity index (χ2n) is 9.54. The number of ether oxygens (including phenoxy) is 3. The van der Waals surface area contributed by atoms with Gasteiger partial charge in [0.1, 0.15) is 5.75 Å². The van der Waals surface area contributed by atoms with E-state index in [1.165, 1.54) is 12.5 Å². The van der Waals surface area contributed by atoms with Crippen molar-refractivity contribution in [1.29, 1.82) is 0 Å². The van der Waals surface area contributed by atoms with Crippen LogP contribution in [0.3, 0.4) is 0 Å². The Labute approximate surface area is 236 Å². The molecule has 0 unspecified atom stereocenters. The molecule has 0 aliphatic heterocycles. The summed E-state index contributed by atoms with van der Waals surface area (Å²) in [4.78, 5) is 46.3. The van der Waals surface area contributed by atoms with E-state index in [-0.39, 0.29) is 0 Å². The standard InChI is InChI=1S/C32H27N3O6/c36-19-39-17-22-3-1-5-24(11-22)26-7-9-33-29(13-26)31-15-28(41-21-38)16-32(35-31)30-14-27(8-10-34-30)25-6-2-4-23(12-25)18-40-20-37/h7-21H,1-6H2/b22-17+,23-18+. The third-order valence-electron chi connectivity index (χ3n) is 6.86. The van der Waals surface area contributed by atoms with E-state index in [2.05, 4.69) is 9.97 Å². The van der Waals surface area contributed by atoms with Crippen molar-refractivity contribution < 1.29 is 28.6 Å². The van der Waals surface area contributed by atoms with Gasteiger partial charge in [-0.2, -0.15) is 0 Å². The number of pyridine rings is 3. The van der Waals surface area contributed by atoms with Gasteiger partial charge in [0, 0.05) is 24.5 Å². The summed E-state index contributed by atoms with van der Waals surface area (Å²) in [6, 6.07) is 11.1. The number of aromatic nitrogens is 3. The summed E-state index contributed by atoms with van der Waals surface area (Å²) >= 11 is 0. The maximum absolute atomic E-state index is 11.2. The minimum absolute atomic E-state index is 0.320. The molecule has 2 aliphatic carbocycles. The lowest BCUT2D eigenvalue weighted by Gasteiger charge is -2.16. The number of allylic oxidation sites excluding steroid dienone is 6. The van der Waals surface area contributed by atoms with Crippen molar-refractivity contribution in [3.8, 4) is 28.5 Å². The summed E-state index contributed by atoms with van der Waals surface area (Å²) in [5.74, 6) is 0.320. The van der Waals surface area contributed by atoms with Crippen LogP contribution in [0, 0.1) is 0 Å². The number of nitrogens with zero attached hydrogens (tertiary/aromatic N) is 3. The second-order valence-corrected chi connectivity index (χ2v) is 9.54. The zero-order valence-electron chi connectivity index (χ0n) is 22.2. The zero-order chi connectivity index (χ0) is 28.4. The van der Waals surface area contributed by atoms with Crippen molar-refractivity contribution in [3.05, 3.63) is 95.7 Å². The van der Waals surface area contributed by atoms with Gasteiger partial charge in [-0.3, -0.25) is 24.4 Å². The average molecular weight is 550 g/mol. The normalized spacial score (nSPS) is 16.9. The second kappa shape index (κ2) is 13.3. The molecule has 3 heterocycles. The lowest BCUT2D eigenvalue weighted by Crippen LogP contribution is -1.99. The molecule has 0 N–H and O–H groups in total. The first-order valence-electron chi connectivity index (χ1n) is 13.2. The molecule has 0 saturated heterocycles. The summed E-state index contributed by atoms with van der Waals surface area (Å²) in [6.07, 6.45) is 15.7. The van der Waals surface area contributed by atoms with E-state index in [4.69, 9.17) is 19.2 Å². The molecule has 0 bridgehead atoms. The molecule has 0 fully saturated rings. The topological polar surface area (TPSA) is 118 Å². The lowest BCUT2D eigenvalue weighted by atomic mass is 9.91. The number of carbonyl (C=O) groups excluding carboxylic acids is 3. The highest BCUT2D eigenvalue weighted by Gasteiger charge is 2.16. The molecule has 0 saturated carbocycles. The van der Waals surface area contributed by atoms with E-state index in [0.29, 0.717) is 47.9 Å². The van der Waals surface area contributed by atoms with E-state index in [1.54, 1.807) is 24.5 Å². The minimum Gasteiger partial charge on any atom is -0.436 e. The maximum Gasteiger partial charge on any atom is 0.298 e. The van der Waals surface area contributed by atoms with Crippen LogP contribution in [0.1, 0.15) is 49.7 Å². The van der Waals surface area contributed by atoms with Crippen molar-refractivity contribution in [2.75, 3.05) is 0 Å². The quantitative estimate of drug-likeness (QED) is 0.222. The van der Waals surface area contributed by atoms with Crippen molar-refractivity contribution in [3.63, 3.8) is 0 Å². The fourth-order valence-corrected chi connectivity index (χ4v) is 5.01. The highest BCUT2D eigenvalue weighted by molar-refractivity contribution is 5.75. The van der Waals surface area contributed by atoms with Gasteiger partial charge in [-0.1, -0.05) is 12.2 Å². The smallest absolute Gasteiger partial charge is 0.298 e. The van der Waals surface area contributed by atoms with Crippen LogP contribution in [-0.4, -0.2) is 34.4 Å². The molecule has 3 aromatic rings. The van der Waals surface area contributed by atoms with Crippen LogP contribution in [0.15, 0.2) is 84.6 Å². The van der Waals surface area contributed by atoms with Gasteiger partial charge in [-0.15, -0.1) is 0 Å². The molecule has 0 amide bonds. The molecule has 9 heteroatoms. The van der Waals surface area contributed by atoms with Gasteiger partial charge in [-0.25, -0.2) is 4.98 Å².